The summed E-state index contributed by atoms with van der Waals surface area (Å²) in [6, 6.07) is 5.18. The van der Waals surface area contributed by atoms with Gasteiger partial charge in [0.15, 0.2) is 0 Å². The molecule has 1 saturated carbocycles. The average Bonchev–Trinajstić information content (AvgIpc) is 2.00. The van der Waals surface area contributed by atoms with Crippen LogP contribution in [-0.4, -0.2) is 13.1 Å². The third kappa shape index (κ3) is 1.54. The minimum absolute atomic E-state index is 0.270. The van der Waals surface area contributed by atoms with Crippen molar-refractivity contribution in [2.75, 3.05) is 17.7 Å². The summed E-state index contributed by atoms with van der Waals surface area (Å²) in [4.78, 5) is 2.15. The fourth-order valence-corrected chi connectivity index (χ4v) is 1.82. The maximum absolute atomic E-state index is 12.8. The predicted octanol–water partition coefficient (Wildman–Crippen LogP) is 2.40. The highest BCUT2D eigenvalue weighted by Crippen LogP contribution is 2.31. The number of nitrogens with two attached hydrogens (primary N) is 1. The van der Waals surface area contributed by atoms with E-state index in [1.807, 2.05) is 7.05 Å². The molecule has 2 N–H and O–H groups in total. The van der Waals surface area contributed by atoms with Crippen LogP contribution in [0.3, 0.4) is 0 Å². The van der Waals surface area contributed by atoms with E-state index in [-0.39, 0.29) is 5.82 Å². The second-order valence-electron chi connectivity index (χ2n) is 3.90. The molecule has 0 unspecified atom stereocenters. The molecule has 14 heavy (non-hydrogen) atoms. The van der Waals surface area contributed by atoms with Crippen molar-refractivity contribution in [3.8, 4) is 0 Å². The van der Waals surface area contributed by atoms with Crippen LogP contribution in [0.4, 0.5) is 15.8 Å². The molecule has 0 aromatic heterocycles. The van der Waals surface area contributed by atoms with Crippen LogP contribution in [0, 0.1) is 5.82 Å². The van der Waals surface area contributed by atoms with Gasteiger partial charge in [-0.05, 0) is 37.5 Å². The monoisotopic (exact) mass is 194 g/mol. The minimum atomic E-state index is -0.270. The Morgan fingerprint density at radius 1 is 1.43 bits per heavy atom. The molecule has 76 valence electrons. The maximum atomic E-state index is 12.8. The Labute approximate surface area is 83.5 Å². The third-order valence-electron chi connectivity index (χ3n) is 2.99. The van der Waals surface area contributed by atoms with Crippen LogP contribution in [0.1, 0.15) is 19.3 Å². The number of rotatable bonds is 2. The van der Waals surface area contributed by atoms with Gasteiger partial charge in [0, 0.05) is 13.1 Å². The number of benzene rings is 1. The molecule has 2 nitrogen and oxygen atoms in total. The van der Waals surface area contributed by atoms with Gasteiger partial charge >= 0.3 is 0 Å². The van der Waals surface area contributed by atoms with Crippen molar-refractivity contribution >= 4 is 11.4 Å². The molecule has 1 aliphatic rings. The number of hydrogen-bond acceptors (Lipinski definition) is 2. The Bertz CT molecular complexity index is 334. The van der Waals surface area contributed by atoms with E-state index < -0.39 is 0 Å². The second-order valence-corrected chi connectivity index (χ2v) is 3.90. The number of nitrogen functional groups attached to an aromatic ring is 1. The molecular weight excluding hydrogens is 179 g/mol. The van der Waals surface area contributed by atoms with Crippen molar-refractivity contribution in [1.82, 2.24) is 0 Å². The molecule has 0 atom stereocenters. The first-order valence-electron chi connectivity index (χ1n) is 4.96. The third-order valence-corrected chi connectivity index (χ3v) is 2.99. The zero-order valence-electron chi connectivity index (χ0n) is 8.33. The fourth-order valence-electron chi connectivity index (χ4n) is 1.82. The van der Waals surface area contributed by atoms with E-state index in [4.69, 9.17) is 5.73 Å². The predicted molar refractivity (Wildman–Crippen MR) is 56.9 cm³/mol. The van der Waals surface area contributed by atoms with E-state index in [0.717, 1.165) is 5.69 Å². The van der Waals surface area contributed by atoms with Gasteiger partial charge in [-0.2, -0.15) is 0 Å². The van der Waals surface area contributed by atoms with Gasteiger partial charge in [-0.1, -0.05) is 0 Å². The van der Waals surface area contributed by atoms with Gasteiger partial charge in [0.2, 0.25) is 0 Å². The van der Waals surface area contributed by atoms with Gasteiger partial charge in [-0.25, -0.2) is 4.39 Å². The largest absolute Gasteiger partial charge is 0.397 e. The zero-order valence-corrected chi connectivity index (χ0v) is 8.33. The van der Waals surface area contributed by atoms with Crippen LogP contribution in [0.5, 0.6) is 0 Å². The van der Waals surface area contributed by atoms with Crippen molar-refractivity contribution in [2.45, 2.75) is 25.3 Å². The molecule has 0 amide bonds. The summed E-state index contributed by atoms with van der Waals surface area (Å²) in [7, 11) is 2.02. The summed E-state index contributed by atoms with van der Waals surface area (Å²) >= 11 is 0. The molecular formula is C11H15FN2. The first-order chi connectivity index (χ1) is 6.68. The Balaban J connectivity index is 2.22. The molecule has 0 heterocycles. The molecule has 0 saturated heterocycles. The van der Waals surface area contributed by atoms with Crippen LogP contribution in [0.25, 0.3) is 0 Å². The summed E-state index contributed by atoms with van der Waals surface area (Å²) in [5.74, 6) is -0.270. The van der Waals surface area contributed by atoms with Crippen molar-refractivity contribution in [2.24, 2.45) is 0 Å². The summed E-state index contributed by atoms with van der Waals surface area (Å²) in [6.45, 7) is 0. The molecule has 3 heteroatoms. The lowest BCUT2D eigenvalue weighted by molar-refractivity contribution is 0.401. The number of halogens is 1. The number of nitrogens with zero attached hydrogens (tertiary/aromatic N) is 1. The van der Waals surface area contributed by atoms with E-state index >= 15 is 0 Å². The topological polar surface area (TPSA) is 29.3 Å². The van der Waals surface area contributed by atoms with Crippen LogP contribution in [-0.2, 0) is 0 Å². The molecule has 1 aromatic carbocycles. The summed E-state index contributed by atoms with van der Waals surface area (Å²) < 4.78 is 12.8. The summed E-state index contributed by atoms with van der Waals surface area (Å²) in [6.07, 6.45) is 3.72. The molecule has 2 rings (SSSR count). The maximum Gasteiger partial charge on any atom is 0.125 e. The molecule has 0 radical (unpaired) electrons. The Kier molecular flexibility index (Phi) is 2.32. The summed E-state index contributed by atoms with van der Waals surface area (Å²) in [5, 5.41) is 0. The van der Waals surface area contributed by atoms with Gasteiger partial charge in [-0.15, -0.1) is 0 Å². The summed E-state index contributed by atoms with van der Waals surface area (Å²) in [5.41, 5.74) is 7.23. The highest BCUT2D eigenvalue weighted by atomic mass is 19.1. The smallest absolute Gasteiger partial charge is 0.125 e. The van der Waals surface area contributed by atoms with Gasteiger partial charge in [-0.3, -0.25) is 0 Å². The van der Waals surface area contributed by atoms with Gasteiger partial charge in [0.25, 0.3) is 0 Å². The normalized spacial score (nSPS) is 16.4. The highest BCUT2D eigenvalue weighted by molar-refractivity contribution is 5.67. The molecule has 1 fully saturated rings. The van der Waals surface area contributed by atoms with Gasteiger partial charge in [0.1, 0.15) is 5.82 Å². The van der Waals surface area contributed by atoms with Crippen molar-refractivity contribution < 1.29 is 4.39 Å². The van der Waals surface area contributed by atoms with Crippen LogP contribution in [0.2, 0.25) is 0 Å². The lowest BCUT2D eigenvalue weighted by Gasteiger charge is -2.36. The van der Waals surface area contributed by atoms with Crippen molar-refractivity contribution in [3.63, 3.8) is 0 Å². The first-order valence-corrected chi connectivity index (χ1v) is 4.96. The van der Waals surface area contributed by atoms with Crippen molar-refractivity contribution in [1.29, 1.82) is 0 Å². The molecule has 1 aromatic rings. The zero-order chi connectivity index (χ0) is 10.1. The van der Waals surface area contributed by atoms with E-state index in [1.165, 1.54) is 31.4 Å². The lowest BCUT2D eigenvalue weighted by atomic mass is 9.91. The van der Waals surface area contributed by atoms with E-state index in [0.29, 0.717) is 11.7 Å². The first kappa shape index (κ1) is 9.31. The van der Waals surface area contributed by atoms with Crippen LogP contribution in [0.15, 0.2) is 18.2 Å². The standard InChI is InChI=1S/C11H15FN2/c1-14(9-3-2-4-9)11-6-5-8(12)7-10(11)13/h5-7,9H,2-4,13H2,1H3. The molecule has 0 spiro atoms. The number of hydrogen-bond donors (Lipinski definition) is 1. The molecule has 1 aliphatic carbocycles. The molecule has 0 bridgehead atoms. The SMILES string of the molecule is CN(c1ccc(F)cc1N)C1CCC1. The number of anilines is 2. The highest BCUT2D eigenvalue weighted by Gasteiger charge is 2.23. The van der Waals surface area contributed by atoms with E-state index in [1.54, 1.807) is 6.07 Å². The van der Waals surface area contributed by atoms with Crippen LogP contribution >= 0.6 is 0 Å². The van der Waals surface area contributed by atoms with Crippen molar-refractivity contribution in [3.05, 3.63) is 24.0 Å². The van der Waals surface area contributed by atoms with Gasteiger partial charge in [0.05, 0.1) is 11.4 Å². The average molecular weight is 194 g/mol. The fraction of sp³-hybridized carbons (Fsp3) is 0.455. The Hall–Kier alpha value is -1.25. The minimum Gasteiger partial charge on any atom is -0.397 e. The molecule has 0 aliphatic heterocycles. The Morgan fingerprint density at radius 2 is 2.14 bits per heavy atom. The van der Waals surface area contributed by atoms with E-state index in [2.05, 4.69) is 4.90 Å². The quantitative estimate of drug-likeness (QED) is 0.732. The van der Waals surface area contributed by atoms with E-state index in [9.17, 15) is 4.39 Å². The van der Waals surface area contributed by atoms with Crippen LogP contribution < -0.4 is 10.6 Å². The van der Waals surface area contributed by atoms with Gasteiger partial charge < -0.3 is 10.6 Å². The lowest BCUT2D eigenvalue weighted by Crippen LogP contribution is -2.37. The Morgan fingerprint density at radius 3 is 2.64 bits per heavy atom. The second kappa shape index (κ2) is 3.48.